The number of esters is 1. The van der Waals surface area contributed by atoms with Crippen LogP contribution in [0.25, 0.3) is 16.2 Å². The molecule has 5 rings (SSSR count). The van der Waals surface area contributed by atoms with Crippen LogP contribution in [0.4, 0.5) is 0 Å². The normalized spacial score (nSPS) is 14.4. The molecule has 1 atom stereocenters. The molecule has 0 saturated carbocycles. The molecule has 1 aliphatic heterocycles. The maximum Gasteiger partial charge on any atom is 0.307 e. The van der Waals surface area contributed by atoms with E-state index in [0.717, 1.165) is 27.0 Å². The summed E-state index contributed by atoms with van der Waals surface area (Å²) >= 11 is 14.4. The molecule has 1 unspecified atom stereocenters. The summed E-state index contributed by atoms with van der Waals surface area (Å²) in [5.74, 6) is -0.190. The monoisotopic (exact) mass is 664 g/mol. The summed E-state index contributed by atoms with van der Waals surface area (Å²) in [6.07, 6.45) is 4.76. The van der Waals surface area contributed by atoms with Crippen molar-refractivity contribution < 1.29 is 23.9 Å². The lowest BCUT2D eigenvalue weighted by atomic mass is 9.94. The first-order valence-electron chi connectivity index (χ1n) is 14.8. The first-order chi connectivity index (χ1) is 21.8. The highest BCUT2D eigenvalue weighted by Crippen LogP contribution is 2.37. The summed E-state index contributed by atoms with van der Waals surface area (Å²) in [5.41, 5.74) is 2.72. The summed E-state index contributed by atoms with van der Waals surface area (Å²) in [6, 6.07) is 21.0. The van der Waals surface area contributed by atoms with Crippen LogP contribution < -0.4 is 10.1 Å². The molecule has 45 heavy (non-hydrogen) atoms. The Labute approximate surface area is 276 Å². The average Bonchev–Trinajstić information content (AvgIpc) is 3.54. The van der Waals surface area contributed by atoms with E-state index in [4.69, 9.17) is 32.7 Å². The van der Waals surface area contributed by atoms with Crippen molar-refractivity contribution in [1.29, 1.82) is 0 Å². The van der Waals surface area contributed by atoms with E-state index < -0.39 is 12.0 Å². The number of piperidine rings is 1. The average molecular weight is 666 g/mol. The number of halogens is 2. The third kappa shape index (κ3) is 8.66. The highest BCUT2D eigenvalue weighted by molar-refractivity contribution is 7.18. The SMILES string of the molecule is COC(=O)CC(Cc1ccc(OCc2ccccc2)cc1)NC(=O)C1CCN(C(=O)C=Cc2cc3ccsc3c(Cl)c2Cl)CC1. The van der Waals surface area contributed by atoms with Crippen LogP contribution in [-0.4, -0.2) is 48.9 Å². The number of benzene rings is 3. The fraction of sp³-hybridized carbons (Fsp3) is 0.286. The van der Waals surface area contributed by atoms with E-state index in [1.165, 1.54) is 24.5 Å². The van der Waals surface area contributed by atoms with Gasteiger partial charge in [0, 0.05) is 31.1 Å². The number of nitrogens with zero attached hydrogens (tertiary/aromatic N) is 1. The Kier molecular flexibility index (Phi) is 11.2. The number of likely N-dealkylation sites (tertiary alicyclic amines) is 1. The van der Waals surface area contributed by atoms with Crippen LogP contribution in [0.15, 0.2) is 78.2 Å². The molecule has 2 amide bonds. The second-order valence-corrected chi connectivity index (χ2v) is 12.6. The number of carbonyl (C=O) groups excluding carboxylic acids is 3. The van der Waals surface area contributed by atoms with Gasteiger partial charge in [0.1, 0.15) is 12.4 Å². The second-order valence-electron chi connectivity index (χ2n) is 11.0. The Hall–Kier alpha value is -3.85. The Bertz CT molecular complexity index is 1660. The maximum absolute atomic E-state index is 13.3. The lowest BCUT2D eigenvalue weighted by Crippen LogP contribution is -2.46. The van der Waals surface area contributed by atoms with E-state index in [-0.39, 0.29) is 24.2 Å². The number of thiophene rings is 1. The van der Waals surface area contributed by atoms with Crippen molar-refractivity contribution in [3.05, 3.63) is 105 Å². The maximum atomic E-state index is 13.3. The summed E-state index contributed by atoms with van der Waals surface area (Å²) in [4.78, 5) is 40.1. The summed E-state index contributed by atoms with van der Waals surface area (Å²) in [7, 11) is 1.34. The van der Waals surface area contributed by atoms with Gasteiger partial charge in [-0.05, 0) is 77.1 Å². The molecule has 1 N–H and O–H groups in total. The molecular formula is C35H34Cl2N2O5S. The number of methoxy groups -OCH3 is 1. The predicted octanol–water partition coefficient (Wildman–Crippen LogP) is 7.33. The smallest absolute Gasteiger partial charge is 0.307 e. The van der Waals surface area contributed by atoms with E-state index in [9.17, 15) is 14.4 Å². The van der Waals surface area contributed by atoms with Gasteiger partial charge >= 0.3 is 5.97 Å². The van der Waals surface area contributed by atoms with E-state index in [1.54, 1.807) is 11.0 Å². The van der Waals surface area contributed by atoms with Gasteiger partial charge in [-0.25, -0.2) is 0 Å². The van der Waals surface area contributed by atoms with Gasteiger partial charge in [-0.2, -0.15) is 0 Å². The molecule has 1 aromatic heterocycles. The minimum atomic E-state index is -0.430. The van der Waals surface area contributed by atoms with E-state index >= 15 is 0 Å². The minimum Gasteiger partial charge on any atom is -0.489 e. The fourth-order valence-corrected chi connectivity index (χ4v) is 6.78. The Morgan fingerprint density at radius 2 is 1.73 bits per heavy atom. The van der Waals surface area contributed by atoms with Crippen molar-refractivity contribution in [3.63, 3.8) is 0 Å². The number of nitrogens with one attached hydrogen (secondary N) is 1. The molecule has 7 nitrogen and oxygen atoms in total. The van der Waals surface area contributed by atoms with E-state index in [1.807, 2.05) is 72.1 Å². The van der Waals surface area contributed by atoms with Gasteiger partial charge in [0.15, 0.2) is 0 Å². The van der Waals surface area contributed by atoms with Crippen LogP contribution in [0.3, 0.4) is 0 Å². The van der Waals surface area contributed by atoms with Crippen molar-refractivity contribution in [2.24, 2.45) is 5.92 Å². The highest BCUT2D eigenvalue weighted by atomic mass is 35.5. The molecular weight excluding hydrogens is 631 g/mol. The zero-order chi connectivity index (χ0) is 31.8. The Balaban J connectivity index is 1.13. The lowest BCUT2D eigenvalue weighted by molar-refractivity contribution is -0.141. The number of hydrogen-bond acceptors (Lipinski definition) is 6. The number of fused-ring (bicyclic) bond motifs is 1. The predicted molar refractivity (Wildman–Crippen MR) is 180 cm³/mol. The number of amides is 2. The molecule has 10 heteroatoms. The first kappa shape index (κ1) is 32.5. The number of rotatable bonds is 11. The third-order valence-corrected chi connectivity index (χ3v) is 9.82. The summed E-state index contributed by atoms with van der Waals surface area (Å²) in [5, 5.41) is 6.89. The van der Waals surface area contributed by atoms with Crippen LogP contribution in [-0.2, 0) is 32.1 Å². The van der Waals surface area contributed by atoms with Crippen molar-refractivity contribution in [3.8, 4) is 5.75 Å². The molecule has 3 aromatic carbocycles. The molecule has 1 aliphatic rings. The van der Waals surface area contributed by atoms with Gasteiger partial charge in [0.05, 0.1) is 28.3 Å². The van der Waals surface area contributed by atoms with Crippen molar-refractivity contribution in [1.82, 2.24) is 10.2 Å². The molecule has 2 heterocycles. The van der Waals surface area contributed by atoms with Crippen molar-refractivity contribution in [2.45, 2.75) is 38.3 Å². The Morgan fingerprint density at radius 3 is 2.44 bits per heavy atom. The minimum absolute atomic E-state index is 0.0559. The summed E-state index contributed by atoms with van der Waals surface area (Å²) < 4.78 is 11.7. The highest BCUT2D eigenvalue weighted by Gasteiger charge is 2.29. The molecule has 0 aliphatic carbocycles. The summed E-state index contributed by atoms with van der Waals surface area (Å²) in [6.45, 7) is 1.37. The second kappa shape index (κ2) is 15.4. The van der Waals surface area contributed by atoms with Gasteiger partial charge in [-0.1, -0.05) is 65.7 Å². The fourth-order valence-electron chi connectivity index (χ4n) is 5.34. The van der Waals surface area contributed by atoms with Crippen LogP contribution in [0.1, 0.15) is 36.0 Å². The van der Waals surface area contributed by atoms with Crippen LogP contribution in [0.5, 0.6) is 5.75 Å². The molecule has 1 saturated heterocycles. The van der Waals surface area contributed by atoms with Gasteiger partial charge in [0.25, 0.3) is 0 Å². The standard InChI is InChI=1S/C35H34Cl2N2O5S/c1-43-31(41)21-28(19-23-7-10-29(11-8-23)44-22-24-5-3-2-4-6-24)38-35(42)25-13-16-39(17-14-25)30(40)12-9-26-20-27-15-18-45-34(27)33(37)32(26)36/h2-12,15,18,20,25,28H,13-14,16-17,19,21-22H2,1H3,(H,38,42). The molecule has 0 bridgehead atoms. The molecule has 0 radical (unpaired) electrons. The molecule has 0 spiro atoms. The van der Waals surface area contributed by atoms with Gasteiger partial charge in [-0.3, -0.25) is 14.4 Å². The van der Waals surface area contributed by atoms with Crippen LogP contribution in [0, 0.1) is 5.92 Å². The third-order valence-electron chi connectivity index (χ3n) is 7.88. The number of carbonyl (C=O) groups is 3. The van der Waals surface area contributed by atoms with E-state index in [0.29, 0.717) is 54.6 Å². The van der Waals surface area contributed by atoms with Crippen LogP contribution >= 0.6 is 34.5 Å². The van der Waals surface area contributed by atoms with Gasteiger partial charge in [-0.15, -0.1) is 11.3 Å². The quantitative estimate of drug-likeness (QED) is 0.134. The Morgan fingerprint density at radius 1 is 1.00 bits per heavy atom. The first-order valence-corrected chi connectivity index (χ1v) is 16.4. The van der Waals surface area contributed by atoms with Crippen LogP contribution in [0.2, 0.25) is 10.0 Å². The van der Waals surface area contributed by atoms with Crippen molar-refractivity contribution >= 4 is 68.5 Å². The zero-order valence-electron chi connectivity index (χ0n) is 24.8. The molecule has 1 fully saturated rings. The van der Waals surface area contributed by atoms with E-state index in [2.05, 4.69) is 5.32 Å². The number of ether oxygens (including phenoxy) is 2. The topological polar surface area (TPSA) is 84.9 Å². The van der Waals surface area contributed by atoms with Crippen molar-refractivity contribution in [2.75, 3.05) is 20.2 Å². The van der Waals surface area contributed by atoms with Gasteiger partial charge < -0.3 is 19.7 Å². The largest absolute Gasteiger partial charge is 0.489 e. The zero-order valence-corrected chi connectivity index (χ0v) is 27.2. The van der Waals surface area contributed by atoms with Gasteiger partial charge in [0.2, 0.25) is 11.8 Å². The number of hydrogen-bond donors (Lipinski definition) is 1. The lowest BCUT2D eigenvalue weighted by Gasteiger charge is -2.31. The molecule has 4 aromatic rings. The molecule has 234 valence electrons.